The fraction of sp³-hybridized carbons (Fsp3) is 0.409. The van der Waals surface area contributed by atoms with Gasteiger partial charge in [-0.3, -0.25) is 9.69 Å². The van der Waals surface area contributed by atoms with E-state index in [-0.39, 0.29) is 19.1 Å². The molecule has 0 unspecified atom stereocenters. The fourth-order valence-electron chi connectivity index (χ4n) is 3.45. The summed E-state index contributed by atoms with van der Waals surface area (Å²) < 4.78 is 5.81. The van der Waals surface area contributed by atoms with Gasteiger partial charge in [-0.15, -0.1) is 0 Å². The number of likely N-dealkylation sites (tertiary alicyclic amines) is 1. The molecule has 1 atom stereocenters. The highest BCUT2D eigenvalue weighted by Crippen LogP contribution is 2.28. The number of amides is 1. The van der Waals surface area contributed by atoms with Gasteiger partial charge in [0.05, 0.1) is 11.6 Å². The SMILES string of the molecule is Cc1ccc(Cl)c(OC[C@@]2(O)CCCN(CC(=O)NCc3ccccc3)C2)c1. The highest BCUT2D eigenvalue weighted by molar-refractivity contribution is 6.32. The largest absolute Gasteiger partial charge is 0.489 e. The van der Waals surface area contributed by atoms with Crippen molar-refractivity contribution in [3.8, 4) is 5.75 Å². The molecule has 1 amide bonds. The van der Waals surface area contributed by atoms with Crippen molar-refractivity contribution < 1.29 is 14.6 Å². The normalized spacial score (nSPS) is 20.0. The zero-order valence-corrected chi connectivity index (χ0v) is 16.9. The van der Waals surface area contributed by atoms with Gasteiger partial charge >= 0.3 is 0 Å². The summed E-state index contributed by atoms with van der Waals surface area (Å²) in [6, 6.07) is 15.4. The second kappa shape index (κ2) is 9.41. The van der Waals surface area contributed by atoms with E-state index in [4.69, 9.17) is 16.3 Å². The van der Waals surface area contributed by atoms with E-state index in [0.29, 0.717) is 30.3 Å². The molecule has 3 rings (SSSR count). The van der Waals surface area contributed by atoms with Gasteiger partial charge in [-0.25, -0.2) is 0 Å². The van der Waals surface area contributed by atoms with E-state index < -0.39 is 5.60 Å². The molecule has 28 heavy (non-hydrogen) atoms. The van der Waals surface area contributed by atoms with E-state index in [2.05, 4.69) is 5.32 Å². The first-order valence-electron chi connectivity index (χ1n) is 9.58. The van der Waals surface area contributed by atoms with Crippen LogP contribution < -0.4 is 10.1 Å². The highest BCUT2D eigenvalue weighted by Gasteiger charge is 2.35. The van der Waals surface area contributed by atoms with Crippen molar-refractivity contribution in [1.29, 1.82) is 0 Å². The third-order valence-corrected chi connectivity index (χ3v) is 5.23. The Kier molecular flexibility index (Phi) is 6.94. The van der Waals surface area contributed by atoms with E-state index in [1.807, 2.05) is 54.3 Å². The molecule has 2 aromatic rings. The van der Waals surface area contributed by atoms with Gasteiger partial charge in [0.2, 0.25) is 5.91 Å². The molecule has 0 radical (unpaired) electrons. The first-order chi connectivity index (χ1) is 13.4. The molecule has 1 aliphatic heterocycles. The minimum Gasteiger partial charge on any atom is -0.489 e. The molecule has 1 heterocycles. The summed E-state index contributed by atoms with van der Waals surface area (Å²) in [6.07, 6.45) is 1.45. The van der Waals surface area contributed by atoms with Gasteiger partial charge < -0.3 is 15.2 Å². The number of nitrogens with zero attached hydrogens (tertiary/aromatic N) is 1. The molecule has 6 heteroatoms. The van der Waals surface area contributed by atoms with Crippen molar-refractivity contribution >= 4 is 17.5 Å². The topological polar surface area (TPSA) is 61.8 Å². The summed E-state index contributed by atoms with van der Waals surface area (Å²) in [7, 11) is 0. The number of hydrogen-bond donors (Lipinski definition) is 2. The Morgan fingerprint density at radius 3 is 2.86 bits per heavy atom. The summed E-state index contributed by atoms with van der Waals surface area (Å²) in [5.74, 6) is 0.531. The molecule has 0 bridgehead atoms. The van der Waals surface area contributed by atoms with Gasteiger partial charge in [0.15, 0.2) is 0 Å². The zero-order chi connectivity index (χ0) is 20.0. The predicted octanol–water partition coefficient (Wildman–Crippen LogP) is 3.17. The molecule has 0 aliphatic carbocycles. The summed E-state index contributed by atoms with van der Waals surface area (Å²) >= 11 is 6.17. The van der Waals surface area contributed by atoms with E-state index in [1.165, 1.54) is 0 Å². The van der Waals surface area contributed by atoms with Crippen LogP contribution in [0.25, 0.3) is 0 Å². The van der Waals surface area contributed by atoms with Crippen LogP contribution in [0.5, 0.6) is 5.75 Å². The maximum atomic E-state index is 12.3. The van der Waals surface area contributed by atoms with E-state index in [0.717, 1.165) is 24.1 Å². The van der Waals surface area contributed by atoms with Crippen molar-refractivity contribution in [3.05, 3.63) is 64.7 Å². The second-order valence-corrected chi connectivity index (χ2v) is 7.93. The Morgan fingerprint density at radius 1 is 1.29 bits per heavy atom. The number of carbonyl (C=O) groups is 1. The molecular weight excluding hydrogens is 376 g/mol. The summed E-state index contributed by atoms with van der Waals surface area (Å²) in [6.45, 7) is 4.07. The van der Waals surface area contributed by atoms with Crippen LogP contribution >= 0.6 is 11.6 Å². The average molecular weight is 403 g/mol. The van der Waals surface area contributed by atoms with Crippen molar-refractivity contribution in [2.45, 2.75) is 31.9 Å². The zero-order valence-electron chi connectivity index (χ0n) is 16.2. The van der Waals surface area contributed by atoms with Crippen LogP contribution in [0.3, 0.4) is 0 Å². The van der Waals surface area contributed by atoms with Crippen LogP contribution in [0.4, 0.5) is 0 Å². The van der Waals surface area contributed by atoms with Crippen LogP contribution in [0.1, 0.15) is 24.0 Å². The third-order valence-electron chi connectivity index (χ3n) is 4.92. The number of nitrogens with one attached hydrogen (secondary N) is 1. The minimum absolute atomic E-state index is 0.0456. The lowest BCUT2D eigenvalue weighted by Gasteiger charge is -2.38. The number of β-amino-alcohol motifs (C(OH)–C–C–N with tert-alkyl or cyclic N) is 1. The number of piperidine rings is 1. The smallest absolute Gasteiger partial charge is 0.234 e. The van der Waals surface area contributed by atoms with Crippen molar-refractivity contribution in [3.63, 3.8) is 0 Å². The Bertz CT molecular complexity index is 800. The van der Waals surface area contributed by atoms with E-state index in [1.54, 1.807) is 6.07 Å². The van der Waals surface area contributed by atoms with Crippen molar-refractivity contribution in [2.24, 2.45) is 0 Å². The molecule has 150 valence electrons. The quantitative estimate of drug-likeness (QED) is 0.746. The molecule has 0 aromatic heterocycles. The molecule has 0 saturated carbocycles. The van der Waals surface area contributed by atoms with Crippen LogP contribution in [0.2, 0.25) is 5.02 Å². The lowest BCUT2D eigenvalue weighted by Crippen LogP contribution is -2.53. The first kappa shape index (κ1) is 20.6. The molecule has 5 nitrogen and oxygen atoms in total. The van der Waals surface area contributed by atoms with Crippen LogP contribution in [0, 0.1) is 6.92 Å². The van der Waals surface area contributed by atoms with Crippen molar-refractivity contribution in [1.82, 2.24) is 10.2 Å². The average Bonchev–Trinajstić information content (AvgIpc) is 2.68. The van der Waals surface area contributed by atoms with Gasteiger partial charge in [0.1, 0.15) is 18.0 Å². The molecule has 1 saturated heterocycles. The van der Waals surface area contributed by atoms with E-state index in [9.17, 15) is 9.90 Å². The number of aliphatic hydroxyl groups is 1. The van der Waals surface area contributed by atoms with Gasteiger partial charge in [-0.2, -0.15) is 0 Å². The second-order valence-electron chi connectivity index (χ2n) is 7.52. The Hall–Kier alpha value is -2.08. The summed E-state index contributed by atoms with van der Waals surface area (Å²) in [5, 5.41) is 14.4. The maximum Gasteiger partial charge on any atom is 0.234 e. The summed E-state index contributed by atoms with van der Waals surface area (Å²) in [4.78, 5) is 14.3. The number of halogens is 1. The molecule has 1 aliphatic rings. The maximum absolute atomic E-state index is 12.3. The third kappa shape index (κ3) is 5.96. The number of ether oxygens (including phenoxy) is 1. The van der Waals surface area contributed by atoms with Gasteiger partial charge in [-0.05, 0) is 49.6 Å². The molecule has 1 fully saturated rings. The van der Waals surface area contributed by atoms with Gasteiger partial charge in [-0.1, -0.05) is 48.0 Å². The number of rotatable bonds is 7. The highest BCUT2D eigenvalue weighted by atomic mass is 35.5. The van der Waals surface area contributed by atoms with Gasteiger partial charge in [0, 0.05) is 13.1 Å². The number of carbonyl (C=O) groups excluding carboxylic acids is 1. The van der Waals surface area contributed by atoms with Crippen LogP contribution in [-0.2, 0) is 11.3 Å². The molecular formula is C22H27ClN2O3. The lowest BCUT2D eigenvalue weighted by molar-refractivity contribution is -0.124. The van der Waals surface area contributed by atoms with E-state index >= 15 is 0 Å². The molecule has 0 spiro atoms. The van der Waals surface area contributed by atoms with Gasteiger partial charge in [0.25, 0.3) is 0 Å². The van der Waals surface area contributed by atoms with Crippen molar-refractivity contribution in [2.75, 3.05) is 26.2 Å². The van der Waals surface area contributed by atoms with Crippen LogP contribution in [-0.4, -0.2) is 47.8 Å². The Labute approximate surface area is 171 Å². The fourth-order valence-corrected chi connectivity index (χ4v) is 3.62. The molecule has 2 N–H and O–H groups in total. The standard InChI is InChI=1S/C22H27ClN2O3/c1-17-8-9-19(23)20(12-17)28-16-22(27)10-5-11-25(15-22)14-21(26)24-13-18-6-3-2-4-7-18/h2-4,6-9,12,27H,5,10-11,13-16H2,1H3,(H,24,26)/t22-/m1/s1. The summed E-state index contributed by atoms with van der Waals surface area (Å²) in [5.41, 5.74) is 1.12. The Balaban J connectivity index is 1.49. The predicted molar refractivity (Wildman–Crippen MR) is 111 cm³/mol. The van der Waals surface area contributed by atoms with Crippen LogP contribution in [0.15, 0.2) is 48.5 Å². The Morgan fingerprint density at radius 2 is 2.07 bits per heavy atom. The number of hydrogen-bond acceptors (Lipinski definition) is 4. The number of aryl methyl sites for hydroxylation is 1. The lowest BCUT2D eigenvalue weighted by atomic mass is 9.93. The minimum atomic E-state index is -0.995. The molecule has 2 aromatic carbocycles. The first-order valence-corrected chi connectivity index (χ1v) is 9.96. The number of benzene rings is 2. The monoisotopic (exact) mass is 402 g/mol.